The van der Waals surface area contributed by atoms with E-state index in [2.05, 4.69) is 32.5 Å². The van der Waals surface area contributed by atoms with Gasteiger partial charge in [-0.1, -0.05) is 19.8 Å². The zero-order valence-electron chi connectivity index (χ0n) is 11.5. The molecule has 0 unspecified atom stereocenters. The Morgan fingerprint density at radius 2 is 1.67 bits per heavy atom. The number of hydrogen-bond donors (Lipinski definition) is 2. The van der Waals surface area contributed by atoms with Gasteiger partial charge >= 0.3 is 6.01 Å². The summed E-state index contributed by atoms with van der Waals surface area (Å²) in [7, 11) is 0. The van der Waals surface area contributed by atoms with E-state index in [1.54, 1.807) is 0 Å². The van der Waals surface area contributed by atoms with E-state index in [1.165, 1.54) is 12.8 Å². The van der Waals surface area contributed by atoms with Crippen molar-refractivity contribution in [3.8, 4) is 6.01 Å². The summed E-state index contributed by atoms with van der Waals surface area (Å²) < 4.78 is 5.32. The van der Waals surface area contributed by atoms with Crippen LogP contribution in [0.2, 0.25) is 0 Å². The molecule has 0 fully saturated rings. The van der Waals surface area contributed by atoms with E-state index >= 15 is 0 Å². The maximum Gasteiger partial charge on any atom is 0.323 e. The average Bonchev–Trinajstić information content (AvgIpc) is 2.35. The normalized spacial score (nSPS) is 10.2. The third-order valence-corrected chi connectivity index (χ3v) is 2.29. The van der Waals surface area contributed by atoms with Crippen LogP contribution in [-0.4, -0.2) is 34.6 Å². The number of nitrogens with zero attached hydrogens (tertiary/aromatic N) is 3. The van der Waals surface area contributed by atoms with Crippen LogP contribution in [0.25, 0.3) is 0 Å². The molecule has 0 radical (unpaired) electrons. The van der Waals surface area contributed by atoms with E-state index in [1.807, 2.05) is 13.8 Å². The molecule has 1 aromatic rings. The number of hydrogen-bond acceptors (Lipinski definition) is 6. The molecule has 1 aromatic heterocycles. The van der Waals surface area contributed by atoms with Gasteiger partial charge in [0.05, 0.1) is 6.61 Å². The van der Waals surface area contributed by atoms with Crippen molar-refractivity contribution in [3.05, 3.63) is 0 Å². The second-order valence-corrected chi connectivity index (χ2v) is 3.86. The first kappa shape index (κ1) is 14.5. The molecule has 102 valence electrons. The average molecular weight is 253 g/mol. The van der Waals surface area contributed by atoms with Gasteiger partial charge in [-0.2, -0.15) is 15.0 Å². The molecule has 0 aliphatic heterocycles. The van der Waals surface area contributed by atoms with Gasteiger partial charge in [0, 0.05) is 13.1 Å². The molecular weight excluding hydrogens is 230 g/mol. The Hall–Kier alpha value is -1.59. The predicted molar refractivity (Wildman–Crippen MR) is 73.2 cm³/mol. The summed E-state index contributed by atoms with van der Waals surface area (Å²) in [6, 6.07) is 0.362. The van der Waals surface area contributed by atoms with E-state index in [0.717, 1.165) is 19.5 Å². The summed E-state index contributed by atoms with van der Waals surface area (Å²) in [5.41, 5.74) is 0. The quantitative estimate of drug-likeness (QED) is 0.658. The Labute approximate surface area is 109 Å². The van der Waals surface area contributed by atoms with Crippen molar-refractivity contribution >= 4 is 11.9 Å². The van der Waals surface area contributed by atoms with E-state index < -0.39 is 0 Å². The van der Waals surface area contributed by atoms with Gasteiger partial charge < -0.3 is 15.4 Å². The molecular formula is C12H23N5O. The minimum absolute atomic E-state index is 0.362. The number of unbranched alkanes of at least 4 members (excludes halogenated alkanes) is 2. The van der Waals surface area contributed by atoms with Crippen molar-refractivity contribution in [1.82, 2.24) is 15.0 Å². The molecule has 1 rings (SSSR count). The molecule has 0 bridgehead atoms. The summed E-state index contributed by atoms with van der Waals surface area (Å²) in [5, 5.41) is 6.26. The summed E-state index contributed by atoms with van der Waals surface area (Å²) >= 11 is 0. The van der Waals surface area contributed by atoms with Crippen LogP contribution in [0.5, 0.6) is 6.01 Å². The molecule has 0 aliphatic carbocycles. The van der Waals surface area contributed by atoms with Crippen LogP contribution in [0, 0.1) is 0 Å². The molecule has 0 saturated heterocycles. The van der Waals surface area contributed by atoms with Crippen molar-refractivity contribution in [2.45, 2.75) is 40.0 Å². The zero-order valence-corrected chi connectivity index (χ0v) is 11.5. The van der Waals surface area contributed by atoms with E-state index in [9.17, 15) is 0 Å². The molecule has 1 heterocycles. The minimum Gasteiger partial charge on any atom is -0.464 e. The van der Waals surface area contributed by atoms with Crippen molar-refractivity contribution < 1.29 is 4.74 Å². The number of nitrogens with one attached hydrogen (secondary N) is 2. The Morgan fingerprint density at radius 3 is 2.28 bits per heavy atom. The third-order valence-electron chi connectivity index (χ3n) is 2.29. The maximum absolute atomic E-state index is 5.32. The van der Waals surface area contributed by atoms with Crippen LogP contribution < -0.4 is 15.4 Å². The van der Waals surface area contributed by atoms with Gasteiger partial charge in [-0.25, -0.2) is 0 Å². The second kappa shape index (κ2) is 8.49. The fourth-order valence-electron chi connectivity index (χ4n) is 1.44. The SMILES string of the molecule is CCCCCNc1nc(NCC)nc(OCC)n1. The van der Waals surface area contributed by atoms with Crippen molar-refractivity contribution in [1.29, 1.82) is 0 Å². The lowest BCUT2D eigenvalue weighted by atomic mass is 10.2. The third kappa shape index (κ3) is 5.16. The molecule has 6 heteroatoms. The molecule has 0 spiro atoms. The monoisotopic (exact) mass is 253 g/mol. The van der Waals surface area contributed by atoms with Crippen LogP contribution in [-0.2, 0) is 0 Å². The van der Waals surface area contributed by atoms with E-state index in [4.69, 9.17) is 4.74 Å². The molecule has 6 nitrogen and oxygen atoms in total. The molecule has 0 aromatic carbocycles. The highest BCUT2D eigenvalue weighted by molar-refractivity contribution is 5.35. The molecule has 0 saturated carbocycles. The highest BCUT2D eigenvalue weighted by atomic mass is 16.5. The summed E-state index contributed by atoms with van der Waals surface area (Å²) in [5.74, 6) is 1.12. The van der Waals surface area contributed by atoms with Crippen LogP contribution in [0.4, 0.5) is 11.9 Å². The van der Waals surface area contributed by atoms with Crippen molar-refractivity contribution in [3.63, 3.8) is 0 Å². The van der Waals surface area contributed by atoms with Crippen molar-refractivity contribution in [2.24, 2.45) is 0 Å². The van der Waals surface area contributed by atoms with Crippen LogP contribution in [0.15, 0.2) is 0 Å². The smallest absolute Gasteiger partial charge is 0.323 e. The fraction of sp³-hybridized carbons (Fsp3) is 0.750. The Balaban J connectivity index is 2.63. The van der Waals surface area contributed by atoms with E-state index in [0.29, 0.717) is 24.5 Å². The van der Waals surface area contributed by atoms with Crippen LogP contribution >= 0.6 is 0 Å². The van der Waals surface area contributed by atoms with Gasteiger partial charge in [0.15, 0.2) is 0 Å². The number of ether oxygens (including phenoxy) is 1. The standard InChI is InChI=1S/C12H23N5O/c1-4-7-8-9-14-11-15-10(13-5-2)16-12(17-11)18-6-3/h4-9H2,1-3H3,(H2,13,14,15,16,17). The predicted octanol–water partition coefficient (Wildman–Crippen LogP) is 2.30. The first-order valence-electron chi connectivity index (χ1n) is 6.66. The summed E-state index contributed by atoms with van der Waals surface area (Å²) in [6.07, 6.45) is 3.52. The van der Waals surface area contributed by atoms with Gasteiger partial charge in [-0.15, -0.1) is 0 Å². The van der Waals surface area contributed by atoms with Crippen molar-refractivity contribution in [2.75, 3.05) is 30.3 Å². The largest absolute Gasteiger partial charge is 0.464 e. The lowest BCUT2D eigenvalue weighted by Crippen LogP contribution is -2.11. The summed E-state index contributed by atoms with van der Waals surface area (Å²) in [4.78, 5) is 12.6. The second-order valence-electron chi connectivity index (χ2n) is 3.86. The van der Waals surface area contributed by atoms with Gasteiger partial charge in [0.25, 0.3) is 0 Å². The molecule has 0 aliphatic rings. The van der Waals surface area contributed by atoms with E-state index in [-0.39, 0.29) is 0 Å². The Bertz CT molecular complexity index is 321. The van der Waals surface area contributed by atoms with Gasteiger partial charge in [0.2, 0.25) is 11.9 Å². The number of anilines is 2. The van der Waals surface area contributed by atoms with Gasteiger partial charge in [-0.3, -0.25) is 0 Å². The van der Waals surface area contributed by atoms with Crippen LogP contribution in [0.3, 0.4) is 0 Å². The Kier molecular flexibility index (Phi) is 6.83. The van der Waals surface area contributed by atoms with Gasteiger partial charge in [-0.05, 0) is 20.3 Å². The first-order chi connectivity index (χ1) is 8.80. The highest BCUT2D eigenvalue weighted by Crippen LogP contribution is 2.11. The highest BCUT2D eigenvalue weighted by Gasteiger charge is 2.05. The molecule has 0 amide bonds. The molecule has 18 heavy (non-hydrogen) atoms. The number of aromatic nitrogens is 3. The van der Waals surface area contributed by atoms with Gasteiger partial charge in [0.1, 0.15) is 0 Å². The fourth-order valence-corrected chi connectivity index (χ4v) is 1.44. The number of rotatable bonds is 9. The lowest BCUT2D eigenvalue weighted by Gasteiger charge is -2.09. The molecule has 2 N–H and O–H groups in total. The Morgan fingerprint density at radius 1 is 0.944 bits per heavy atom. The maximum atomic E-state index is 5.32. The minimum atomic E-state index is 0.362. The lowest BCUT2D eigenvalue weighted by molar-refractivity contribution is 0.312. The van der Waals surface area contributed by atoms with Crippen LogP contribution in [0.1, 0.15) is 40.0 Å². The first-order valence-corrected chi connectivity index (χ1v) is 6.66. The summed E-state index contributed by atoms with van der Waals surface area (Å²) in [6.45, 7) is 8.27. The molecule has 0 atom stereocenters. The topological polar surface area (TPSA) is 72.0 Å². The zero-order chi connectivity index (χ0) is 13.2.